The Morgan fingerprint density at radius 1 is 0.905 bits per heavy atom. The molecule has 0 unspecified atom stereocenters. The van der Waals surface area contributed by atoms with E-state index in [1.54, 1.807) is 24.3 Å². The molecule has 0 radical (unpaired) electrons. The van der Waals surface area contributed by atoms with Gasteiger partial charge in [0.25, 0.3) is 5.91 Å². The average molecular weight is 361 g/mol. The molecule has 0 aliphatic rings. The molecule has 4 heteroatoms. The number of benzene rings is 3. The molecule has 0 aliphatic heterocycles. The van der Waals surface area contributed by atoms with Crippen LogP contribution in [0.1, 0.15) is 10.4 Å². The summed E-state index contributed by atoms with van der Waals surface area (Å²) in [4.78, 5) is 12.5. The molecule has 0 aromatic heterocycles. The summed E-state index contributed by atoms with van der Waals surface area (Å²) in [6, 6.07) is 18.6. The van der Waals surface area contributed by atoms with Crippen LogP contribution in [0.15, 0.2) is 65.1 Å². The van der Waals surface area contributed by atoms with Crippen LogP contribution in [0, 0.1) is 0 Å². The summed E-state index contributed by atoms with van der Waals surface area (Å²) in [6.45, 7) is 0. The van der Waals surface area contributed by atoms with Crippen LogP contribution >= 0.6 is 27.5 Å². The van der Waals surface area contributed by atoms with E-state index in [-0.39, 0.29) is 5.91 Å². The van der Waals surface area contributed by atoms with Gasteiger partial charge in [0.1, 0.15) is 0 Å². The second kappa shape index (κ2) is 5.88. The van der Waals surface area contributed by atoms with Crippen LogP contribution in [0.3, 0.4) is 0 Å². The minimum Gasteiger partial charge on any atom is -0.322 e. The van der Waals surface area contributed by atoms with Gasteiger partial charge in [0.2, 0.25) is 0 Å². The molecule has 104 valence electrons. The largest absolute Gasteiger partial charge is 0.322 e. The van der Waals surface area contributed by atoms with Gasteiger partial charge in [-0.2, -0.15) is 0 Å². The third-order valence-corrected chi connectivity index (χ3v) is 4.16. The molecule has 1 amide bonds. The minimum atomic E-state index is -0.138. The van der Waals surface area contributed by atoms with Gasteiger partial charge < -0.3 is 5.32 Å². The molecular weight excluding hydrogens is 350 g/mol. The number of rotatable bonds is 2. The number of amides is 1. The van der Waals surface area contributed by atoms with E-state index in [1.165, 1.54) is 0 Å². The number of anilines is 1. The van der Waals surface area contributed by atoms with Crippen LogP contribution < -0.4 is 5.32 Å². The molecule has 3 aromatic carbocycles. The third kappa shape index (κ3) is 2.94. The van der Waals surface area contributed by atoms with Crippen LogP contribution in [0.5, 0.6) is 0 Å². The van der Waals surface area contributed by atoms with Crippen molar-refractivity contribution >= 4 is 49.9 Å². The zero-order chi connectivity index (χ0) is 14.8. The third-order valence-electron chi connectivity index (χ3n) is 3.22. The maximum absolute atomic E-state index is 12.5. The highest BCUT2D eigenvalue weighted by atomic mass is 79.9. The van der Waals surface area contributed by atoms with Gasteiger partial charge in [-0.05, 0) is 47.2 Å². The van der Waals surface area contributed by atoms with Crippen LogP contribution in [0.2, 0.25) is 5.02 Å². The zero-order valence-corrected chi connectivity index (χ0v) is 13.3. The predicted molar refractivity (Wildman–Crippen MR) is 91.1 cm³/mol. The lowest BCUT2D eigenvalue weighted by atomic mass is 10.0. The summed E-state index contributed by atoms with van der Waals surface area (Å²) in [7, 11) is 0. The highest BCUT2D eigenvalue weighted by molar-refractivity contribution is 9.10. The summed E-state index contributed by atoms with van der Waals surface area (Å²) >= 11 is 9.35. The van der Waals surface area contributed by atoms with Crippen molar-refractivity contribution in [2.45, 2.75) is 0 Å². The number of carbonyl (C=O) groups excluding carboxylic acids is 1. The molecule has 0 fully saturated rings. The lowest BCUT2D eigenvalue weighted by Gasteiger charge is -2.09. The number of halogens is 2. The standard InChI is InChI=1S/C17H11BrClNO/c18-16-6-2-3-13-14(16)4-1-5-15(13)17(21)20-12-9-7-11(19)8-10-12/h1-10H,(H,20,21). The molecule has 3 aromatic rings. The molecule has 3 rings (SSSR count). The van der Waals surface area contributed by atoms with Crippen molar-refractivity contribution in [3.8, 4) is 0 Å². The van der Waals surface area contributed by atoms with Gasteiger partial charge in [-0.15, -0.1) is 0 Å². The fourth-order valence-electron chi connectivity index (χ4n) is 2.20. The number of carbonyl (C=O) groups is 1. The molecule has 21 heavy (non-hydrogen) atoms. The summed E-state index contributed by atoms with van der Waals surface area (Å²) < 4.78 is 0.973. The van der Waals surface area contributed by atoms with Gasteiger partial charge in [0.05, 0.1) is 0 Å². The van der Waals surface area contributed by atoms with Gasteiger partial charge in [-0.25, -0.2) is 0 Å². The number of nitrogens with one attached hydrogen (secondary N) is 1. The monoisotopic (exact) mass is 359 g/mol. The molecule has 0 heterocycles. The van der Waals surface area contributed by atoms with Crippen molar-refractivity contribution in [1.29, 1.82) is 0 Å². The van der Waals surface area contributed by atoms with Gasteiger partial charge in [-0.3, -0.25) is 4.79 Å². The van der Waals surface area contributed by atoms with Crippen molar-refractivity contribution < 1.29 is 4.79 Å². The maximum Gasteiger partial charge on any atom is 0.256 e. The zero-order valence-electron chi connectivity index (χ0n) is 10.9. The van der Waals surface area contributed by atoms with Crippen molar-refractivity contribution in [1.82, 2.24) is 0 Å². The first-order valence-corrected chi connectivity index (χ1v) is 7.56. The molecule has 0 saturated heterocycles. The van der Waals surface area contributed by atoms with Gasteiger partial charge in [0, 0.05) is 20.7 Å². The van der Waals surface area contributed by atoms with Crippen LogP contribution in [0.25, 0.3) is 10.8 Å². The average Bonchev–Trinajstić information content (AvgIpc) is 2.49. The summed E-state index contributed by atoms with van der Waals surface area (Å²) in [5.41, 5.74) is 1.36. The Morgan fingerprint density at radius 3 is 2.33 bits per heavy atom. The number of hydrogen-bond acceptors (Lipinski definition) is 1. The molecule has 0 spiro atoms. The van der Waals surface area contributed by atoms with Gasteiger partial charge >= 0.3 is 0 Å². The fourth-order valence-corrected chi connectivity index (χ4v) is 2.83. The lowest BCUT2D eigenvalue weighted by molar-refractivity contribution is 0.102. The van der Waals surface area contributed by atoms with E-state index in [0.29, 0.717) is 10.6 Å². The Kier molecular flexibility index (Phi) is 3.95. The second-order valence-corrected chi connectivity index (χ2v) is 5.89. The molecule has 0 aliphatic carbocycles. The Hall–Kier alpha value is -1.84. The minimum absolute atomic E-state index is 0.138. The van der Waals surface area contributed by atoms with Crippen molar-refractivity contribution in [2.75, 3.05) is 5.32 Å². The number of fused-ring (bicyclic) bond motifs is 1. The first-order valence-electron chi connectivity index (χ1n) is 6.39. The Labute approximate surface area is 135 Å². The van der Waals surface area contributed by atoms with E-state index in [2.05, 4.69) is 21.2 Å². The Balaban J connectivity index is 1.98. The first-order chi connectivity index (χ1) is 10.1. The highest BCUT2D eigenvalue weighted by Gasteiger charge is 2.11. The predicted octanol–water partition coefficient (Wildman–Crippen LogP) is 5.51. The van der Waals surface area contributed by atoms with E-state index in [0.717, 1.165) is 20.9 Å². The second-order valence-electron chi connectivity index (χ2n) is 4.60. The number of hydrogen-bond donors (Lipinski definition) is 1. The topological polar surface area (TPSA) is 29.1 Å². The molecule has 0 atom stereocenters. The summed E-state index contributed by atoms with van der Waals surface area (Å²) in [5, 5.41) is 5.46. The van der Waals surface area contributed by atoms with Gasteiger partial charge in [-0.1, -0.05) is 51.8 Å². The highest BCUT2D eigenvalue weighted by Crippen LogP contribution is 2.27. The molecule has 0 bridgehead atoms. The van der Waals surface area contributed by atoms with E-state index < -0.39 is 0 Å². The molecule has 1 N–H and O–H groups in total. The Bertz CT molecular complexity index is 815. The van der Waals surface area contributed by atoms with Gasteiger partial charge in [0.15, 0.2) is 0 Å². The fraction of sp³-hybridized carbons (Fsp3) is 0. The van der Waals surface area contributed by atoms with E-state index in [1.807, 2.05) is 36.4 Å². The lowest BCUT2D eigenvalue weighted by Crippen LogP contribution is -2.12. The SMILES string of the molecule is O=C(Nc1ccc(Cl)cc1)c1cccc2c(Br)cccc12. The van der Waals surface area contributed by atoms with E-state index >= 15 is 0 Å². The van der Waals surface area contributed by atoms with E-state index in [9.17, 15) is 4.79 Å². The van der Waals surface area contributed by atoms with Crippen molar-refractivity contribution in [3.05, 3.63) is 75.7 Å². The smallest absolute Gasteiger partial charge is 0.256 e. The molecule has 2 nitrogen and oxygen atoms in total. The van der Waals surface area contributed by atoms with Crippen LogP contribution in [-0.2, 0) is 0 Å². The van der Waals surface area contributed by atoms with E-state index in [4.69, 9.17) is 11.6 Å². The van der Waals surface area contributed by atoms with Crippen molar-refractivity contribution in [3.63, 3.8) is 0 Å². The Morgan fingerprint density at radius 2 is 1.57 bits per heavy atom. The molecule has 0 saturated carbocycles. The van der Waals surface area contributed by atoms with Crippen molar-refractivity contribution in [2.24, 2.45) is 0 Å². The summed E-state index contributed by atoms with van der Waals surface area (Å²) in [6.07, 6.45) is 0. The summed E-state index contributed by atoms with van der Waals surface area (Å²) in [5.74, 6) is -0.138. The molecular formula is C17H11BrClNO. The van der Waals surface area contributed by atoms with Crippen LogP contribution in [0.4, 0.5) is 5.69 Å². The quantitative estimate of drug-likeness (QED) is 0.641. The normalized spacial score (nSPS) is 10.6. The first kappa shape index (κ1) is 14.1. The van der Waals surface area contributed by atoms with Crippen LogP contribution in [-0.4, -0.2) is 5.91 Å². The maximum atomic E-state index is 12.5.